The first-order valence-electron chi connectivity index (χ1n) is 7.82. The summed E-state index contributed by atoms with van der Waals surface area (Å²) in [5, 5.41) is 5.05. The lowest BCUT2D eigenvalue weighted by atomic mass is 9.95. The fraction of sp³-hybridized carbons (Fsp3) is 0.421. The largest absolute Gasteiger partial charge is 0.490 e. The molecule has 2 aromatic rings. The molecule has 3 heteroatoms. The minimum absolute atomic E-state index is 0.00764. The van der Waals surface area contributed by atoms with Gasteiger partial charge in [0.05, 0.1) is 6.10 Å². The van der Waals surface area contributed by atoms with Gasteiger partial charge in [0.25, 0.3) is 0 Å². The lowest BCUT2D eigenvalue weighted by Crippen LogP contribution is -2.27. The first-order valence-corrected chi connectivity index (χ1v) is 7.82. The highest BCUT2D eigenvalue weighted by atomic mass is 16.5. The first kappa shape index (κ1) is 16.3. The zero-order chi connectivity index (χ0) is 16.3. The molecule has 0 saturated carbocycles. The van der Waals surface area contributed by atoms with Crippen LogP contribution in [0.15, 0.2) is 36.4 Å². The molecule has 0 aliphatic carbocycles. The van der Waals surface area contributed by atoms with Gasteiger partial charge >= 0.3 is 0 Å². The fourth-order valence-corrected chi connectivity index (χ4v) is 2.09. The van der Waals surface area contributed by atoms with Gasteiger partial charge in [-0.2, -0.15) is 0 Å². The summed E-state index contributed by atoms with van der Waals surface area (Å²) in [6, 6.07) is 11.9. The molecule has 0 aromatic heterocycles. The second kappa shape index (κ2) is 6.39. The molecule has 118 valence electrons. The lowest BCUT2D eigenvalue weighted by Gasteiger charge is -2.20. The van der Waals surface area contributed by atoms with Crippen molar-refractivity contribution in [1.29, 1.82) is 0 Å². The number of rotatable bonds is 4. The van der Waals surface area contributed by atoms with Crippen molar-refractivity contribution in [3.05, 3.63) is 36.4 Å². The Morgan fingerprint density at radius 2 is 1.77 bits per heavy atom. The van der Waals surface area contributed by atoms with Crippen molar-refractivity contribution in [1.82, 2.24) is 0 Å². The monoisotopic (exact) mass is 299 g/mol. The highest BCUT2D eigenvalue weighted by Gasteiger charge is 2.22. The van der Waals surface area contributed by atoms with Crippen LogP contribution in [0, 0.1) is 5.41 Å². The molecule has 3 nitrogen and oxygen atoms in total. The van der Waals surface area contributed by atoms with Gasteiger partial charge in [0.15, 0.2) is 0 Å². The molecule has 2 rings (SSSR count). The van der Waals surface area contributed by atoms with E-state index in [1.54, 1.807) is 0 Å². The van der Waals surface area contributed by atoms with Crippen molar-refractivity contribution < 1.29 is 9.53 Å². The minimum atomic E-state index is -0.424. The Kier molecular flexibility index (Phi) is 4.74. The zero-order valence-corrected chi connectivity index (χ0v) is 14.1. The third-order valence-electron chi connectivity index (χ3n) is 3.72. The maximum atomic E-state index is 12.2. The molecule has 1 N–H and O–H groups in total. The summed E-state index contributed by atoms with van der Waals surface area (Å²) >= 11 is 0. The summed E-state index contributed by atoms with van der Waals surface area (Å²) in [5.41, 5.74) is 0.402. The van der Waals surface area contributed by atoms with E-state index in [9.17, 15) is 4.79 Å². The summed E-state index contributed by atoms with van der Waals surface area (Å²) in [6.45, 7) is 9.88. The molecule has 0 fully saturated rings. The van der Waals surface area contributed by atoms with Crippen LogP contribution in [0.2, 0.25) is 0 Å². The Labute approximate surface area is 132 Å². The lowest BCUT2D eigenvalue weighted by molar-refractivity contribution is -0.123. The molecule has 2 aromatic carbocycles. The minimum Gasteiger partial charge on any atom is -0.490 e. The van der Waals surface area contributed by atoms with Gasteiger partial charge < -0.3 is 10.1 Å². The fourth-order valence-electron chi connectivity index (χ4n) is 2.09. The molecule has 1 amide bonds. The second-order valence-electron chi connectivity index (χ2n) is 6.70. The van der Waals surface area contributed by atoms with Gasteiger partial charge in [-0.15, -0.1) is 0 Å². The predicted molar refractivity (Wildman–Crippen MR) is 92.4 cm³/mol. The highest BCUT2D eigenvalue weighted by molar-refractivity contribution is 6.05. The van der Waals surface area contributed by atoms with Crippen LogP contribution in [-0.4, -0.2) is 12.0 Å². The van der Waals surface area contributed by atoms with Crippen molar-refractivity contribution in [3.8, 4) is 5.75 Å². The van der Waals surface area contributed by atoms with Crippen LogP contribution in [0.3, 0.4) is 0 Å². The van der Waals surface area contributed by atoms with Crippen molar-refractivity contribution >= 4 is 22.4 Å². The number of amides is 1. The van der Waals surface area contributed by atoms with E-state index in [4.69, 9.17) is 4.74 Å². The highest BCUT2D eigenvalue weighted by Crippen LogP contribution is 2.33. The maximum Gasteiger partial charge on any atom is 0.229 e. The molecule has 0 unspecified atom stereocenters. The molecule has 0 radical (unpaired) electrons. The number of fused-ring (bicyclic) bond motifs is 1. The predicted octanol–water partition coefficient (Wildman–Crippen LogP) is 5.00. The number of benzene rings is 2. The summed E-state index contributed by atoms with van der Waals surface area (Å²) in [5.74, 6) is 0.868. The molecule has 0 saturated heterocycles. The van der Waals surface area contributed by atoms with Crippen molar-refractivity contribution in [3.63, 3.8) is 0 Å². The average Bonchev–Trinajstić information content (AvgIpc) is 2.48. The summed E-state index contributed by atoms with van der Waals surface area (Å²) in [6.07, 6.45) is 1.12. The number of carbonyl (C=O) groups excluding carboxylic acids is 1. The average molecular weight is 299 g/mol. The normalized spacial score (nSPS) is 13.0. The standard InChI is InChI=1S/C19H25NO2/c1-6-13(2)22-17-12-11-16(20-18(21)19(3,4)5)14-9-7-8-10-15(14)17/h7-13H,6H2,1-5H3,(H,20,21)/t13-/m0/s1. The maximum absolute atomic E-state index is 12.2. The van der Waals surface area contributed by atoms with Crippen LogP contribution in [0.1, 0.15) is 41.0 Å². The molecular weight excluding hydrogens is 274 g/mol. The molecule has 0 heterocycles. The van der Waals surface area contributed by atoms with E-state index < -0.39 is 5.41 Å². The Balaban J connectivity index is 2.42. The topological polar surface area (TPSA) is 38.3 Å². The van der Waals surface area contributed by atoms with Crippen molar-refractivity contribution in [2.75, 3.05) is 5.32 Å². The Morgan fingerprint density at radius 1 is 1.14 bits per heavy atom. The Hall–Kier alpha value is -2.03. The van der Waals surface area contributed by atoms with Crippen LogP contribution in [0.25, 0.3) is 10.8 Å². The van der Waals surface area contributed by atoms with E-state index in [-0.39, 0.29) is 12.0 Å². The molecule has 0 bridgehead atoms. The van der Waals surface area contributed by atoms with E-state index >= 15 is 0 Å². The van der Waals surface area contributed by atoms with Gasteiger partial charge in [-0.3, -0.25) is 4.79 Å². The third-order valence-corrected chi connectivity index (χ3v) is 3.72. The quantitative estimate of drug-likeness (QED) is 0.862. The van der Waals surface area contributed by atoms with Gasteiger partial charge in [0, 0.05) is 21.9 Å². The van der Waals surface area contributed by atoms with Gasteiger partial charge in [0.1, 0.15) is 5.75 Å². The second-order valence-corrected chi connectivity index (χ2v) is 6.70. The zero-order valence-electron chi connectivity index (χ0n) is 14.1. The molecule has 22 heavy (non-hydrogen) atoms. The van der Waals surface area contributed by atoms with Crippen LogP contribution >= 0.6 is 0 Å². The van der Waals surface area contributed by atoms with Gasteiger partial charge in [-0.25, -0.2) is 0 Å². The first-order chi connectivity index (χ1) is 10.3. The van der Waals surface area contributed by atoms with Crippen LogP contribution < -0.4 is 10.1 Å². The van der Waals surface area contributed by atoms with E-state index in [0.717, 1.165) is 28.6 Å². The summed E-state index contributed by atoms with van der Waals surface area (Å²) in [7, 11) is 0. The number of anilines is 1. The molecule has 0 aliphatic heterocycles. The van der Waals surface area contributed by atoms with Gasteiger partial charge in [0.2, 0.25) is 5.91 Å². The van der Waals surface area contributed by atoms with E-state index in [2.05, 4.69) is 19.2 Å². The van der Waals surface area contributed by atoms with Crippen molar-refractivity contribution in [2.45, 2.75) is 47.1 Å². The van der Waals surface area contributed by atoms with Gasteiger partial charge in [-0.05, 0) is 25.5 Å². The van der Waals surface area contributed by atoms with Gasteiger partial charge in [-0.1, -0.05) is 52.0 Å². The molecular formula is C19H25NO2. The van der Waals surface area contributed by atoms with E-state index in [1.807, 2.05) is 57.2 Å². The number of nitrogens with one attached hydrogen (secondary N) is 1. The van der Waals surface area contributed by atoms with Crippen LogP contribution in [-0.2, 0) is 4.79 Å². The number of hydrogen-bond acceptors (Lipinski definition) is 2. The van der Waals surface area contributed by atoms with Crippen LogP contribution in [0.4, 0.5) is 5.69 Å². The number of hydrogen-bond donors (Lipinski definition) is 1. The Morgan fingerprint density at radius 3 is 2.36 bits per heavy atom. The van der Waals surface area contributed by atoms with Crippen molar-refractivity contribution in [2.24, 2.45) is 5.41 Å². The Bertz CT molecular complexity index is 671. The van der Waals surface area contributed by atoms with E-state index in [1.165, 1.54) is 0 Å². The van der Waals surface area contributed by atoms with E-state index in [0.29, 0.717) is 0 Å². The van der Waals surface area contributed by atoms with Crippen LogP contribution in [0.5, 0.6) is 5.75 Å². The number of carbonyl (C=O) groups is 1. The molecule has 0 spiro atoms. The molecule has 0 aliphatic rings. The third kappa shape index (κ3) is 3.59. The number of ether oxygens (including phenoxy) is 1. The summed E-state index contributed by atoms with van der Waals surface area (Å²) in [4.78, 5) is 12.2. The SMILES string of the molecule is CC[C@H](C)Oc1ccc(NC(=O)C(C)(C)C)c2ccccc12. The molecule has 1 atom stereocenters. The smallest absolute Gasteiger partial charge is 0.229 e. The summed E-state index contributed by atoms with van der Waals surface area (Å²) < 4.78 is 5.99.